The molecular formula is C32H30N4O3S. The molecule has 1 amide bonds. The van der Waals surface area contributed by atoms with Gasteiger partial charge in [0.1, 0.15) is 0 Å². The summed E-state index contributed by atoms with van der Waals surface area (Å²) in [5.41, 5.74) is 9.20. The number of fused-ring (bicyclic) bond motifs is 2. The fourth-order valence-corrected chi connectivity index (χ4v) is 6.64. The zero-order valence-electron chi connectivity index (χ0n) is 22.9. The number of carbonyl (C=O) groups excluding carboxylic acids is 1. The lowest BCUT2D eigenvalue weighted by atomic mass is 9.96. The Balaban J connectivity index is 1.54. The average Bonchev–Trinajstić information content (AvgIpc) is 3.58. The zero-order valence-corrected chi connectivity index (χ0v) is 23.7. The summed E-state index contributed by atoms with van der Waals surface area (Å²) in [5, 5.41) is 4.13. The van der Waals surface area contributed by atoms with Crippen LogP contribution in [0.25, 0.3) is 33.3 Å². The number of hydrogen-bond donors (Lipinski definition) is 1. The van der Waals surface area contributed by atoms with E-state index in [-0.39, 0.29) is 10.8 Å². The molecule has 0 bridgehead atoms. The first-order valence-electron chi connectivity index (χ1n) is 13.1. The third-order valence-corrected chi connectivity index (χ3v) is 9.22. The minimum atomic E-state index is -3.91. The Morgan fingerprint density at radius 2 is 1.62 bits per heavy atom. The van der Waals surface area contributed by atoms with Gasteiger partial charge >= 0.3 is 0 Å². The lowest BCUT2D eigenvalue weighted by molar-refractivity contribution is 0.0827. The van der Waals surface area contributed by atoms with Crippen LogP contribution >= 0.6 is 0 Å². The summed E-state index contributed by atoms with van der Waals surface area (Å²) in [5.74, 6) is -0.0960. The highest BCUT2D eigenvalue weighted by Crippen LogP contribution is 2.36. The van der Waals surface area contributed by atoms with E-state index >= 15 is 0 Å². The van der Waals surface area contributed by atoms with E-state index in [1.807, 2.05) is 25.1 Å². The lowest BCUT2D eigenvalue weighted by Gasteiger charge is -2.11. The molecule has 0 saturated carbocycles. The average molecular weight is 551 g/mol. The van der Waals surface area contributed by atoms with Crippen molar-refractivity contribution in [1.82, 2.24) is 19.2 Å². The van der Waals surface area contributed by atoms with Gasteiger partial charge in [0.25, 0.3) is 15.9 Å². The first-order valence-corrected chi connectivity index (χ1v) is 14.6. The SMILES string of the molecule is Cc1ccc(S(=O)(=O)n2cc(-c3ccc(C(=O)N(C)C)cc3)c3cc(-c4cc(C)c5c(c4)CNC5)cnc32)cc1. The maximum Gasteiger partial charge on any atom is 0.269 e. The molecule has 1 N–H and O–H groups in total. The number of aryl methyl sites for hydroxylation is 2. The molecule has 0 unspecified atom stereocenters. The minimum Gasteiger partial charge on any atom is -0.345 e. The van der Waals surface area contributed by atoms with Crippen molar-refractivity contribution in [1.29, 1.82) is 0 Å². The van der Waals surface area contributed by atoms with E-state index in [4.69, 9.17) is 4.98 Å². The molecule has 40 heavy (non-hydrogen) atoms. The van der Waals surface area contributed by atoms with Gasteiger partial charge in [-0.1, -0.05) is 35.9 Å². The Hall–Kier alpha value is -4.27. The standard InChI is InChI=1S/C32H30N4O3S/c1-20-5-11-27(12-6-20)40(38,39)36-19-30(22-7-9-23(10-8-22)32(37)35(3)4)28-15-25(17-34-31(28)36)24-13-21(2)29-18-33-16-26(29)14-24/h5-15,17,19,33H,16,18H2,1-4H3. The Kier molecular flexibility index (Phi) is 6.32. The summed E-state index contributed by atoms with van der Waals surface area (Å²) < 4.78 is 28.9. The lowest BCUT2D eigenvalue weighted by Crippen LogP contribution is -2.21. The fourth-order valence-electron chi connectivity index (χ4n) is 5.31. The van der Waals surface area contributed by atoms with E-state index in [1.54, 1.807) is 62.9 Å². The van der Waals surface area contributed by atoms with Gasteiger partial charge in [-0.05, 0) is 78.1 Å². The van der Waals surface area contributed by atoms with Crippen molar-refractivity contribution in [3.05, 3.63) is 107 Å². The number of carbonyl (C=O) groups is 1. The van der Waals surface area contributed by atoms with Crippen molar-refractivity contribution in [2.75, 3.05) is 14.1 Å². The molecule has 5 aromatic rings. The van der Waals surface area contributed by atoms with Crippen molar-refractivity contribution < 1.29 is 13.2 Å². The molecule has 8 heteroatoms. The highest BCUT2D eigenvalue weighted by Gasteiger charge is 2.24. The molecule has 0 spiro atoms. The van der Waals surface area contributed by atoms with E-state index < -0.39 is 10.0 Å². The topological polar surface area (TPSA) is 84.3 Å². The number of hydrogen-bond acceptors (Lipinski definition) is 5. The molecule has 3 aromatic carbocycles. The molecule has 0 atom stereocenters. The molecule has 0 radical (unpaired) electrons. The third-order valence-electron chi connectivity index (χ3n) is 7.55. The Morgan fingerprint density at radius 3 is 2.33 bits per heavy atom. The summed E-state index contributed by atoms with van der Waals surface area (Å²) in [6.07, 6.45) is 3.38. The molecule has 6 rings (SSSR count). The van der Waals surface area contributed by atoms with Crippen LogP contribution in [-0.4, -0.2) is 42.3 Å². The van der Waals surface area contributed by atoms with E-state index in [0.717, 1.165) is 46.3 Å². The number of amides is 1. The van der Waals surface area contributed by atoms with Gasteiger partial charge < -0.3 is 10.2 Å². The molecule has 202 valence electrons. The van der Waals surface area contributed by atoms with Crippen LogP contribution in [0, 0.1) is 13.8 Å². The van der Waals surface area contributed by atoms with Gasteiger partial charge in [-0.15, -0.1) is 0 Å². The number of benzene rings is 3. The quantitative estimate of drug-likeness (QED) is 0.311. The molecule has 0 saturated heterocycles. The third kappa shape index (κ3) is 4.39. The van der Waals surface area contributed by atoms with Gasteiger partial charge in [-0.3, -0.25) is 4.79 Å². The Labute approximate surface area is 234 Å². The van der Waals surface area contributed by atoms with Crippen molar-refractivity contribution in [2.45, 2.75) is 31.8 Å². The Morgan fingerprint density at radius 1 is 0.900 bits per heavy atom. The zero-order chi connectivity index (χ0) is 28.2. The fraction of sp³-hybridized carbons (Fsp3) is 0.188. The monoisotopic (exact) mass is 550 g/mol. The molecule has 0 fully saturated rings. The molecular weight excluding hydrogens is 520 g/mol. The molecule has 1 aliphatic rings. The molecule has 2 aromatic heterocycles. The van der Waals surface area contributed by atoms with Gasteiger partial charge in [-0.25, -0.2) is 17.4 Å². The Bertz CT molecular complexity index is 1890. The normalized spacial score (nSPS) is 13.0. The highest BCUT2D eigenvalue weighted by molar-refractivity contribution is 7.90. The van der Waals surface area contributed by atoms with Gasteiger partial charge in [-0.2, -0.15) is 0 Å². The van der Waals surface area contributed by atoms with Crippen molar-refractivity contribution >= 4 is 27.0 Å². The van der Waals surface area contributed by atoms with Crippen LogP contribution < -0.4 is 5.32 Å². The van der Waals surface area contributed by atoms with Crippen LogP contribution in [0.3, 0.4) is 0 Å². The predicted octanol–water partition coefficient (Wildman–Crippen LogP) is 5.53. The van der Waals surface area contributed by atoms with Crippen LogP contribution in [0.15, 0.2) is 84.0 Å². The largest absolute Gasteiger partial charge is 0.345 e. The van der Waals surface area contributed by atoms with Crippen molar-refractivity contribution in [3.63, 3.8) is 0 Å². The first-order chi connectivity index (χ1) is 19.1. The van der Waals surface area contributed by atoms with Crippen LogP contribution in [0.1, 0.15) is 32.6 Å². The summed E-state index contributed by atoms with van der Waals surface area (Å²) in [4.78, 5) is 18.9. The highest BCUT2D eigenvalue weighted by atomic mass is 32.2. The summed E-state index contributed by atoms with van der Waals surface area (Å²) in [6, 6.07) is 20.4. The second-order valence-corrected chi connectivity index (χ2v) is 12.4. The van der Waals surface area contributed by atoms with Crippen molar-refractivity contribution in [3.8, 4) is 22.3 Å². The van der Waals surface area contributed by atoms with Crippen molar-refractivity contribution in [2.24, 2.45) is 0 Å². The molecule has 0 aliphatic carbocycles. The molecule has 3 heterocycles. The summed E-state index contributed by atoms with van der Waals surface area (Å²) >= 11 is 0. The predicted molar refractivity (Wildman–Crippen MR) is 158 cm³/mol. The van der Waals surface area contributed by atoms with E-state index in [1.165, 1.54) is 25.6 Å². The summed E-state index contributed by atoms with van der Waals surface area (Å²) in [6.45, 7) is 5.74. The van der Waals surface area contributed by atoms with Crippen LogP contribution in [0.4, 0.5) is 0 Å². The number of aromatic nitrogens is 2. The van der Waals surface area contributed by atoms with E-state index in [9.17, 15) is 13.2 Å². The smallest absolute Gasteiger partial charge is 0.269 e. The molecule has 7 nitrogen and oxygen atoms in total. The van der Waals surface area contributed by atoms with Crippen LogP contribution in [-0.2, 0) is 23.1 Å². The van der Waals surface area contributed by atoms with Gasteiger partial charge in [0.2, 0.25) is 0 Å². The second-order valence-electron chi connectivity index (χ2n) is 10.6. The molecule has 1 aliphatic heterocycles. The summed E-state index contributed by atoms with van der Waals surface area (Å²) in [7, 11) is -0.485. The maximum atomic E-state index is 13.8. The maximum absolute atomic E-state index is 13.8. The van der Waals surface area contributed by atoms with E-state index in [2.05, 4.69) is 24.4 Å². The second kappa shape index (κ2) is 9.73. The first kappa shape index (κ1) is 26.0. The van der Waals surface area contributed by atoms with Crippen LogP contribution in [0.2, 0.25) is 0 Å². The van der Waals surface area contributed by atoms with Gasteiger partial charge in [0.05, 0.1) is 4.90 Å². The van der Waals surface area contributed by atoms with Gasteiger partial charge in [0.15, 0.2) is 5.65 Å². The minimum absolute atomic E-state index is 0.0960. The van der Waals surface area contributed by atoms with Crippen LogP contribution in [0.5, 0.6) is 0 Å². The van der Waals surface area contributed by atoms with Gasteiger partial charge in [0, 0.05) is 61.7 Å². The van der Waals surface area contributed by atoms with E-state index in [0.29, 0.717) is 11.2 Å². The number of pyridine rings is 1. The number of nitrogens with zero attached hydrogens (tertiary/aromatic N) is 3. The number of rotatable bonds is 5. The number of nitrogens with one attached hydrogen (secondary N) is 1.